The summed E-state index contributed by atoms with van der Waals surface area (Å²) in [6.45, 7) is 3.88. The van der Waals surface area contributed by atoms with Crippen LogP contribution in [-0.4, -0.2) is 30.8 Å². The van der Waals surface area contributed by atoms with Crippen molar-refractivity contribution in [2.24, 2.45) is 5.92 Å². The van der Waals surface area contributed by atoms with Gasteiger partial charge in [0.15, 0.2) is 0 Å². The molecule has 0 spiro atoms. The molecule has 7 nitrogen and oxygen atoms in total. The summed E-state index contributed by atoms with van der Waals surface area (Å²) in [5, 5.41) is 15.0. The average molecular weight is 533 g/mol. The zero-order valence-corrected chi connectivity index (χ0v) is 22.8. The molecule has 4 aromatic heterocycles. The van der Waals surface area contributed by atoms with Gasteiger partial charge in [0.25, 0.3) is 0 Å². The zero-order chi connectivity index (χ0) is 27.4. The number of hydrogen-bond donors (Lipinski definition) is 1. The molecule has 1 N–H and O–H groups in total. The summed E-state index contributed by atoms with van der Waals surface area (Å²) in [5.74, 6) is 0.514. The smallest absolute Gasteiger partial charge is 0.314 e. The van der Waals surface area contributed by atoms with Gasteiger partial charge in [0.05, 0.1) is 22.8 Å². The van der Waals surface area contributed by atoms with E-state index in [1.54, 1.807) is 0 Å². The van der Waals surface area contributed by atoms with E-state index in [9.17, 15) is 9.90 Å². The molecule has 1 aromatic carbocycles. The van der Waals surface area contributed by atoms with Gasteiger partial charge in [0.2, 0.25) is 0 Å². The largest absolute Gasteiger partial charge is 0.481 e. The fourth-order valence-corrected chi connectivity index (χ4v) is 6.76. The van der Waals surface area contributed by atoms with Crippen LogP contribution in [0.15, 0.2) is 71.6 Å². The maximum Gasteiger partial charge on any atom is 0.314 e. The number of hydrogen-bond acceptors (Lipinski definition) is 5. The number of carbonyl (C=O) groups is 1. The molecule has 0 saturated heterocycles. The molecule has 2 saturated carbocycles. The first-order valence-corrected chi connectivity index (χ1v) is 14.2. The Morgan fingerprint density at radius 3 is 2.45 bits per heavy atom. The summed E-state index contributed by atoms with van der Waals surface area (Å²) in [6.07, 6.45) is 12.2. The molecule has 7 heteroatoms. The summed E-state index contributed by atoms with van der Waals surface area (Å²) in [7, 11) is 0. The van der Waals surface area contributed by atoms with Crippen LogP contribution in [-0.2, 0) is 10.2 Å². The number of benzene rings is 1. The Balaban J connectivity index is 1.42. The molecule has 0 radical (unpaired) electrons. The van der Waals surface area contributed by atoms with Crippen LogP contribution in [0.5, 0.6) is 0 Å². The molecule has 2 aliphatic carbocycles. The summed E-state index contributed by atoms with van der Waals surface area (Å²) in [6, 6.07) is 16.5. The van der Waals surface area contributed by atoms with Crippen molar-refractivity contribution in [3.63, 3.8) is 0 Å². The molecule has 4 heterocycles. The minimum absolute atomic E-state index is 0.0818. The van der Waals surface area contributed by atoms with E-state index in [0.717, 1.165) is 56.0 Å². The van der Waals surface area contributed by atoms with Crippen LogP contribution in [0.4, 0.5) is 0 Å². The van der Waals surface area contributed by atoms with E-state index in [1.165, 1.54) is 25.7 Å². The fourth-order valence-electron chi connectivity index (χ4n) is 6.76. The van der Waals surface area contributed by atoms with E-state index >= 15 is 0 Å². The standard InChI is InChI=1S/C33H32N4O3/c1-20-29(21(2)40-36-20)24-17-26-27(22-10-12-25(13-11-22)33(14-15-33)32(38)39)19-37(31(26)35-18-24)30(23-7-3-4-8-23)28-9-5-6-16-34-28/h5-6,9-13,16-19,23,30H,3-4,7-8,14-15H2,1-2H3,(H,38,39). The number of pyridine rings is 2. The third-order valence-corrected chi connectivity index (χ3v) is 9.04. The van der Waals surface area contributed by atoms with Crippen LogP contribution >= 0.6 is 0 Å². The molecule has 0 amide bonds. The number of carboxylic acids is 1. The summed E-state index contributed by atoms with van der Waals surface area (Å²) in [4.78, 5) is 21.8. The van der Waals surface area contributed by atoms with Crippen LogP contribution in [0.1, 0.15) is 67.3 Å². The van der Waals surface area contributed by atoms with Gasteiger partial charge >= 0.3 is 5.97 Å². The highest BCUT2D eigenvalue weighted by Crippen LogP contribution is 2.49. The summed E-state index contributed by atoms with van der Waals surface area (Å²) < 4.78 is 7.80. The highest BCUT2D eigenvalue weighted by molar-refractivity contribution is 5.97. The Morgan fingerprint density at radius 1 is 1.05 bits per heavy atom. The maximum absolute atomic E-state index is 11.9. The van der Waals surface area contributed by atoms with E-state index in [0.29, 0.717) is 18.8 Å². The van der Waals surface area contributed by atoms with Crippen molar-refractivity contribution in [1.82, 2.24) is 19.7 Å². The molecule has 0 bridgehead atoms. The van der Waals surface area contributed by atoms with Gasteiger partial charge in [-0.15, -0.1) is 0 Å². The monoisotopic (exact) mass is 532 g/mol. The van der Waals surface area contributed by atoms with Crippen molar-refractivity contribution in [3.05, 3.63) is 89.8 Å². The predicted molar refractivity (Wildman–Crippen MR) is 153 cm³/mol. The van der Waals surface area contributed by atoms with Crippen molar-refractivity contribution in [3.8, 4) is 22.3 Å². The first kappa shape index (κ1) is 24.8. The predicted octanol–water partition coefficient (Wildman–Crippen LogP) is 7.27. The fraction of sp³-hybridized carbons (Fsp3) is 0.333. The van der Waals surface area contributed by atoms with Crippen molar-refractivity contribution in [1.29, 1.82) is 0 Å². The van der Waals surface area contributed by atoms with Crippen LogP contribution in [0.3, 0.4) is 0 Å². The lowest BCUT2D eigenvalue weighted by molar-refractivity contribution is -0.140. The van der Waals surface area contributed by atoms with Gasteiger partial charge in [0.1, 0.15) is 11.4 Å². The van der Waals surface area contributed by atoms with E-state index < -0.39 is 11.4 Å². The SMILES string of the molecule is Cc1noc(C)c1-c1cnc2c(c1)c(-c1ccc(C3(C(=O)O)CC3)cc1)cn2C(c1ccccn1)C1CCCC1. The third-order valence-electron chi connectivity index (χ3n) is 9.04. The highest BCUT2D eigenvalue weighted by atomic mass is 16.5. The van der Waals surface area contributed by atoms with Gasteiger partial charge in [-0.2, -0.15) is 0 Å². The number of rotatable bonds is 7. The minimum atomic E-state index is -0.736. The van der Waals surface area contributed by atoms with Crippen LogP contribution in [0.2, 0.25) is 0 Å². The second kappa shape index (κ2) is 9.44. The van der Waals surface area contributed by atoms with Crippen LogP contribution < -0.4 is 0 Å². The van der Waals surface area contributed by atoms with Crippen molar-refractivity contribution in [2.75, 3.05) is 0 Å². The second-order valence-corrected chi connectivity index (χ2v) is 11.5. The number of carboxylic acid groups (broad SMARTS) is 1. The number of aliphatic carboxylic acids is 1. The molecular weight excluding hydrogens is 500 g/mol. The van der Waals surface area contributed by atoms with Crippen LogP contribution in [0.25, 0.3) is 33.3 Å². The molecule has 1 atom stereocenters. The Morgan fingerprint density at radius 2 is 1.82 bits per heavy atom. The van der Waals surface area contributed by atoms with Crippen molar-refractivity contribution in [2.45, 2.75) is 63.8 Å². The van der Waals surface area contributed by atoms with Gasteiger partial charge in [-0.25, -0.2) is 4.98 Å². The average Bonchev–Trinajstić information content (AvgIpc) is 3.27. The Labute approximate surface area is 232 Å². The molecule has 2 aliphatic rings. The van der Waals surface area contributed by atoms with Gasteiger partial charge in [-0.1, -0.05) is 48.3 Å². The number of aromatic nitrogens is 4. The molecule has 202 valence electrons. The zero-order valence-electron chi connectivity index (χ0n) is 22.8. The Kier molecular flexibility index (Phi) is 5.84. The summed E-state index contributed by atoms with van der Waals surface area (Å²) in [5.41, 5.74) is 7.01. The number of nitrogens with zero attached hydrogens (tertiary/aromatic N) is 4. The Bertz CT molecular complexity index is 1690. The van der Waals surface area contributed by atoms with Gasteiger partial charge < -0.3 is 14.2 Å². The van der Waals surface area contributed by atoms with E-state index in [4.69, 9.17) is 14.5 Å². The van der Waals surface area contributed by atoms with Crippen LogP contribution in [0, 0.1) is 19.8 Å². The van der Waals surface area contributed by atoms with E-state index in [-0.39, 0.29) is 6.04 Å². The van der Waals surface area contributed by atoms with Crippen molar-refractivity contribution < 1.29 is 14.4 Å². The molecule has 2 fully saturated rings. The minimum Gasteiger partial charge on any atom is -0.481 e. The number of aryl methyl sites for hydroxylation is 2. The molecule has 7 rings (SSSR count). The van der Waals surface area contributed by atoms with E-state index in [1.807, 2.05) is 44.4 Å². The first-order chi connectivity index (χ1) is 19.5. The van der Waals surface area contributed by atoms with Crippen molar-refractivity contribution >= 4 is 17.0 Å². The number of fused-ring (bicyclic) bond motifs is 1. The first-order valence-electron chi connectivity index (χ1n) is 14.2. The van der Waals surface area contributed by atoms with Gasteiger partial charge in [0, 0.05) is 40.7 Å². The molecule has 40 heavy (non-hydrogen) atoms. The molecule has 0 aliphatic heterocycles. The third kappa shape index (κ3) is 3.95. The maximum atomic E-state index is 11.9. The lowest BCUT2D eigenvalue weighted by Gasteiger charge is -2.25. The quantitative estimate of drug-likeness (QED) is 0.237. The lowest BCUT2D eigenvalue weighted by Crippen LogP contribution is -2.19. The topological polar surface area (TPSA) is 94.0 Å². The lowest BCUT2D eigenvalue weighted by atomic mass is 9.93. The van der Waals surface area contributed by atoms with Gasteiger partial charge in [-0.05, 0) is 74.8 Å². The Hall–Kier alpha value is -4.26. The molecule has 5 aromatic rings. The van der Waals surface area contributed by atoms with Gasteiger partial charge in [-0.3, -0.25) is 9.78 Å². The second-order valence-electron chi connectivity index (χ2n) is 11.5. The summed E-state index contributed by atoms with van der Waals surface area (Å²) >= 11 is 0. The molecular formula is C33H32N4O3. The van der Waals surface area contributed by atoms with E-state index in [2.05, 4.69) is 46.3 Å². The normalized spacial score (nSPS) is 17.4. The molecule has 1 unspecified atom stereocenters. The highest BCUT2D eigenvalue weighted by Gasteiger charge is 2.51.